The van der Waals surface area contributed by atoms with Crippen LogP contribution < -0.4 is 27.4 Å². The summed E-state index contributed by atoms with van der Waals surface area (Å²) in [6, 6.07) is 59.4. The van der Waals surface area contributed by atoms with Crippen LogP contribution in [0.15, 0.2) is 273 Å². The van der Waals surface area contributed by atoms with E-state index in [9.17, 15) is 0 Å². The molecule has 0 spiro atoms. The molecular weight excluding hydrogens is 1750 g/mol. The fourth-order valence-electron chi connectivity index (χ4n) is 7.34. The quantitative estimate of drug-likeness (QED) is 0.0409. The topological polar surface area (TPSA) is 132 Å². The molecule has 0 fully saturated rings. The molecule has 0 aliphatic carbocycles. The summed E-state index contributed by atoms with van der Waals surface area (Å²) >= 11 is 0. The van der Waals surface area contributed by atoms with Crippen molar-refractivity contribution in [3.8, 4) is 0 Å². The summed E-state index contributed by atoms with van der Waals surface area (Å²) in [4.78, 5) is 0. The van der Waals surface area contributed by atoms with Crippen molar-refractivity contribution in [2.24, 2.45) is 40.9 Å². The first-order valence-corrected chi connectivity index (χ1v) is 28.2. The predicted octanol–water partition coefficient (Wildman–Crippen LogP) is 14.5. The Hall–Kier alpha value is -6.95. The molecule has 16 nitrogen and oxygen atoms in total. The number of azo groups is 4. The van der Waals surface area contributed by atoms with Gasteiger partial charge < -0.3 is 0 Å². The van der Waals surface area contributed by atoms with Crippen molar-refractivity contribution in [1.82, 2.24) is 9.13 Å². The van der Waals surface area contributed by atoms with Gasteiger partial charge in [0.05, 0.1) is 22.7 Å². The molecule has 0 saturated carbocycles. The Morgan fingerprint density at radius 1 is 0.302 bits per heavy atom. The Morgan fingerprint density at radius 3 is 1.08 bits per heavy atom. The zero-order chi connectivity index (χ0) is 58.2. The van der Waals surface area contributed by atoms with E-state index >= 15 is 0 Å². The summed E-state index contributed by atoms with van der Waals surface area (Å²) < 4.78 is 17.3. The maximum absolute atomic E-state index is 4.43. The van der Waals surface area contributed by atoms with E-state index in [1.54, 1.807) is 0 Å². The van der Waals surface area contributed by atoms with Crippen LogP contribution in [0.3, 0.4) is 0 Å². The molecule has 0 unspecified atom stereocenters. The minimum atomic E-state index is 0. The fourth-order valence-corrected chi connectivity index (χ4v) is 7.34. The summed E-state index contributed by atoms with van der Waals surface area (Å²) in [5.41, 5.74) is 5.72. The second-order valence-electron chi connectivity index (χ2n) is 16.8. The molecule has 0 amide bonds. The summed E-state index contributed by atoms with van der Waals surface area (Å²) in [6.45, 7) is 22.8. The second kappa shape index (κ2) is 47.2. The molecule has 20 heteroatoms. The Kier molecular flexibility index (Phi) is 42.3. The zero-order valence-corrected chi connectivity index (χ0v) is 62.1. The number of aromatic nitrogens is 8. The Labute approximate surface area is 567 Å². The third kappa shape index (κ3) is 29.0. The van der Waals surface area contributed by atoms with Crippen molar-refractivity contribution in [2.45, 2.75) is 108 Å². The minimum Gasteiger partial charge on any atom is -0.233 e. The molecule has 6 heterocycles. The maximum atomic E-state index is 4.43. The van der Waals surface area contributed by atoms with Gasteiger partial charge in [-0.15, -0.1) is 53.6 Å². The molecule has 4 aromatic carbocycles. The van der Waals surface area contributed by atoms with Crippen molar-refractivity contribution in [3.63, 3.8) is 0 Å². The molecule has 0 radical (unpaired) electrons. The Balaban J connectivity index is 0.000000740. The molecule has 0 aliphatic heterocycles. The molecule has 0 aliphatic rings. The summed E-state index contributed by atoms with van der Waals surface area (Å²) in [7, 11) is 0. The van der Waals surface area contributed by atoms with Gasteiger partial charge in [0.25, 0.3) is 0 Å². The first-order valence-electron chi connectivity index (χ1n) is 28.2. The first-order chi connectivity index (χ1) is 40.6. The van der Waals surface area contributed by atoms with Gasteiger partial charge in [0.15, 0.2) is 56.8 Å². The maximum Gasteiger partial charge on any atom is 0.350 e. The van der Waals surface area contributed by atoms with E-state index < -0.39 is 0 Å². The van der Waals surface area contributed by atoms with Gasteiger partial charge in [0.1, 0.15) is 63.2 Å². The van der Waals surface area contributed by atoms with E-state index in [1.165, 1.54) is 0 Å². The number of nitrogens with zero attached hydrogens (tertiary/aromatic N) is 16. The Morgan fingerprint density at radius 2 is 0.651 bits per heavy atom. The average molecular weight is 1830 g/mol. The summed E-state index contributed by atoms with van der Waals surface area (Å²) in [6.07, 6.45) is 26.9. The Bertz CT molecular complexity index is 3400. The van der Waals surface area contributed by atoms with Crippen LogP contribution in [0.1, 0.15) is 55.4 Å². The number of rotatable bonds is 20. The molecule has 6 aromatic heterocycles. The molecule has 0 bridgehead atoms. The standard InChI is InChI=1S/2C29H27N8.4C2H6.4W/c1-3-9-26(10-4-1)30-31-28-14-17-34(18-15-28)19-20-35-21-22-36(25-35)23-24-37-16-8-7-13-29(37)33-32-27-11-5-2-6-12-27;1-3-8-26(9-4-1)30-32-28-13-16-34(17-14-28)18-20-36-22-23-37(25-36)21-19-35-15-7-12-29(24-35)33-31-27-10-5-2-6-11-27;4*1-2;;;;/h3-18,21-22,25H,19-20,23-24H2;3-17,22-25H,18-21H2;4*1-2H3;;;;/q2*+1;;;;;;;;. The van der Waals surface area contributed by atoms with Crippen molar-refractivity contribution < 1.29 is 112 Å². The van der Waals surface area contributed by atoms with Gasteiger partial charge >= 0.3 is 5.82 Å². The second-order valence-corrected chi connectivity index (χ2v) is 16.8. The number of benzene rings is 4. The molecule has 0 N–H and O–H groups in total. The normalized spacial score (nSPS) is 10.1. The van der Waals surface area contributed by atoms with Crippen LogP contribution in [0.5, 0.6) is 0 Å². The van der Waals surface area contributed by atoms with E-state index in [0.717, 1.165) is 98.0 Å². The van der Waals surface area contributed by atoms with Crippen LogP contribution in [-0.2, 0) is 137 Å². The molecule has 10 aromatic rings. The minimum absolute atomic E-state index is 0. The third-order valence-electron chi connectivity index (χ3n) is 11.4. The molecular formula is C66H78N16W4+2. The van der Waals surface area contributed by atoms with E-state index in [0.29, 0.717) is 0 Å². The average Bonchev–Trinajstić information content (AvgIpc) is 4.28. The van der Waals surface area contributed by atoms with Gasteiger partial charge in [-0.2, -0.15) is 103 Å². The molecule has 444 valence electrons. The van der Waals surface area contributed by atoms with E-state index in [-0.39, 0.29) is 84.3 Å². The van der Waals surface area contributed by atoms with Crippen molar-refractivity contribution in [2.75, 3.05) is 0 Å². The van der Waals surface area contributed by atoms with Crippen molar-refractivity contribution >= 4 is 45.6 Å². The van der Waals surface area contributed by atoms with Gasteiger partial charge in [-0.25, -0.2) is 32.0 Å². The number of hydrogen-bond donors (Lipinski definition) is 0. The smallest absolute Gasteiger partial charge is 0.233 e. The predicted molar refractivity (Wildman–Crippen MR) is 319 cm³/mol. The molecule has 0 saturated heterocycles. The monoisotopic (exact) mass is 1830 g/mol. The number of imidazole rings is 2. The van der Waals surface area contributed by atoms with Crippen LogP contribution >= 0.6 is 0 Å². The first kappa shape index (κ1) is 77.1. The van der Waals surface area contributed by atoms with Crippen molar-refractivity contribution in [1.29, 1.82) is 0 Å². The fraction of sp³-hybridized carbons (Fsp3) is 0.242. The molecule has 0 atom stereocenters. The van der Waals surface area contributed by atoms with E-state index in [2.05, 4.69) is 139 Å². The molecule has 86 heavy (non-hydrogen) atoms. The van der Waals surface area contributed by atoms with Gasteiger partial charge in [-0.05, 0) is 29.2 Å². The van der Waals surface area contributed by atoms with Crippen LogP contribution in [0, 0.1) is 24.3 Å². The largest absolute Gasteiger partial charge is 0.350 e. The van der Waals surface area contributed by atoms with Crippen molar-refractivity contribution in [3.05, 3.63) is 257 Å². The third-order valence-corrected chi connectivity index (χ3v) is 11.4. The van der Waals surface area contributed by atoms with Crippen LogP contribution in [0.2, 0.25) is 0 Å². The van der Waals surface area contributed by atoms with Gasteiger partial charge in [0.2, 0.25) is 12.7 Å². The summed E-state index contributed by atoms with van der Waals surface area (Å²) in [5.74, 6) is 0.817. The van der Waals surface area contributed by atoms with Crippen LogP contribution in [0.25, 0.3) is 0 Å². The van der Waals surface area contributed by atoms with E-state index in [1.807, 2.05) is 250 Å². The van der Waals surface area contributed by atoms with Gasteiger partial charge in [-0.3, -0.25) is 0 Å². The van der Waals surface area contributed by atoms with Gasteiger partial charge in [0, 0.05) is 126 Å². The number of hydrogen-bond acceptors (Lipinski definition) is 8. The van der Waals surface area contributed by atoms with Crippen LogP contribution in [-0.4, -0.2) is 9.13 Å². The van der Waals surface area contributed by atoms with E-state index in [4.69, 9.17) is 0 Å². The van der Waals surface area contributed by atoms with Gasteiger partial charge in [-0.1, -0.05) is 66.6 Å². The number of aryl methyl sites for hydroxylation is 8. The molecule has 10 rings (SSSR count). The number of pyridine rings is 4. The summed E-state index contributed by atoms with van der Waals surface area (Å²) in [5, 5.41) is 34.5. The van der Waals surface area contributed by atoms with Crippen LogP contribution in [0.4, 0.5) is 45.6 Å². The zero-order valence-electron chi connectivity index (χ0n) is 50.4. The SMILES string of the molecule is CC.CC.CC.CC.[W].[W].[W].[W].[c-]1ccc(N=Nc2cc[n+](CC[n+]3ccn(CC[n+]4cccc(N=Nc5cc[c-]cc5)c4)c3)cc2)cc1.[c-]1ccc(N=Nc2cc[n+](CCn3cc[n+](CC[n+]4ccccc4N=Nc4cc[c-]cc4)c3)cc2)cc1.